The Balaban J connectivity index is 1.76. The number of nitrogens with one attached hydrogen (secondary N) is 2. The van der Waals surface area contributed by atoms with Gasteiger partial charge in [0, 0.05) is 5.69 Å². The number of carboxylic acid groups (broad SMARTS) is 1. The molecule has 0 aliphatic rings. The third-order valence-electron chi connectivity index (χ3n) is 3.39. The van der Waals surface area contributed by atoms with Crippen LogP contribution in [0.3, 0.4) is 0 Å². The van der Waals surface area contributed by atoms with E-state index >= 15 is 0 Å². The van der Waals surface area contributed by atoms with Gasteiger partial charge in [-0.3, -0.25) is 0 Å². The minimum atomic E-state index is -0.966. The molecule has 0 bridgehead atoms. The zero-order chi connectivity index (χ0) is 16.0. The molecule has 0 saturated heterocycles. The molecule has 0 aliphatic carbocycles. The number of nitrogens with two attached hydrogens (primary N) is 1. The number of anilines is 3. The zero-order valence-corrected chi connectivity index (χ0v) is 12.5. The van der Waals surface area contributed by atoms with Gasteiger partial charge >= 0.3 is 5.97 Å². The zero-order valence-electron chi connectivity index (χ0n) is 11.7. The number of nitrogens with zero attached hydrogens (tertiary/aromatic N) is 2. The maximum Gasteiger partial charge on any atom is 0.335 e. The number of imidazole rings is 1. The second-order valence-electron chi connectivity index (χ2n) is 4.96. The van der Waals surface area contributed by atoms with Gasteiger partial charge in [-0.15, -0.1) is 0 Å². The fraction of sp³-hybridized carbons (Fsp3) is 0. The summed E-state index contributed by atoms with van der Waals surface area (Å²) in [4.78, 5) is 22.8. The number of carbonyl (C=O) groups is 1. The van der Waals surface area contributed by atoms with E-state index in [4.69, 9.17) is 10.8 Å². The second-order valence-corrected chi connectivity index (χ2v) is 5.99. The summed E-state index contributed by atoms with van der Waals surface area (Å²) in [6.45, 7) is 0. The van der Waals surface area contributed by atoms with Gasteiger partial charge in [0.15, 0.2) is 11.1 Å². The molecule has 0 saturated carbocycles. The van der Waals surface area contributed by atoms with Crippen molar-refractivity contribution < 1.29 is 9.90 Å². The van der Waals surface area contributed by atoms with Crippen LogP contribution in [0.2, 0.25) is 0 Å². The Morgan fingerprint density at radius 2 is 2.09 bits per heavy atom. The number of aromatic carboxylic acids is 1. The first-order valence-corrected chi connectivity index (χ1v) is 7.57. The number of thiazole rings is 1. The van der Waals surface area contributed by atoms with Crippen molar-refractivity contribution in [1.29, 1.82) is 0 Å². The normalized spacial score (nSPS) is 11.1. The molecule has 0 fully saturated rings. The first-order chi connectivity index (χ1) is 11.1. The Hall–Kier alpha value is -3.13. The van der Waals surface area contributed by atoms with E-state index in [-0.39, 0.29) is 5.56 Å². The lowest BCUT2D eigenvalue weighted by Gasteiger charge is -2.02. The van der Waals surface area contributed by atoms with Gasteiger partial charge in [0.2, 0.25) is 0 Å². The van der Waals surface area contributed by atoms with Crippen LogP contribution in [0.15, 0.2) is 36.4 Å². The van der Waals surface area contributed by atoms with Crippen molar-refractivity contribution in [2.45, 2.75) is 0 Å². The summed E-state index contributed by atoms with van der Waals surface area (Å²) in [7, 11) is 0. The number of fused-ring (bicyclic) bond motifs is 3. The van der Waals surface area contributed by atoms with E-state index in [0.717, 1.165) is 21.3 Å². The Labute approximate surface area is 133 Å². The van der Waals surface area contributed by atoms with Gasteiger partial charge in [-0.1, -0.05) is 17.4 Å². The van der Waals surface area contributed by atoms with E-state index in [2.05, 4.69) is 20.3 Å². The lowest BCUT2D eigenvalue weighted by atomic mass is 10.2. The van der Waals surface area contributed by atoms with Crippen LogP contribution in [0, 0.1) is 0 Å². The van der Waals surface area contributed by atoms with Gasteiger partial charge in [-0.05, 0) is 30.3 Å². The van der Waals surface area contributed by atoms with Crippen LogP contribution in [0.5, 0.6) is 0 Å². The molecular formula is C15H11N5O2S. The number of rotatable bonds is 3. The van der Waals surface area contributed by atoms with E-state index in [9.17, 15) is 4.79 Å². The van der Waals surface area contributed by atoms with E-state index in [1.54, 1.807) is 24.3 Å². The van der Waals surface area contributed by atoms with Crippen LogP contribution < -0.4 is 11.1 Å². The van der Waals surface area contributed by atoms with Crippen LogP contribution in [0.4, 0.5) is 16.8 Å². The van der Waals surface area contributed by atoms with Gasteiger partial charge in [-0.25, -0.2) is 14.8 Å². The molecule has 0 unspecified atom stereocenters. The number of carboxylic acids is 1. The van der Waals surface area contributed by atoms with Crippen LogP contribution in [-0.4, -0.2) is 26.0 Å². The highest BCUT2D eigenvalue weighted by Gasteiger charge is 2.11. The van der Waals surface area contributed by atoms with Crippen molar-refractivity contribution >= 4 is 55.3 Å². The first kappa shape index (κ1) is 13.5. The molecule has 7 nitrogen and oxygen atoms in total. The van der Waals surface area contributed by atoms with Gasteiger partial charge in [0.1, 0.15) is 11.0 Å². The van der Waals surface area contributed by atoms with Crippen molar-refractivity contribution in [1.82, 2.24) is 15.0 Å². The van der Waals surface area contributed by atoms with Crippen molar-refractivity contribution in [2.24, 2.45) is 0 Å². The molecule has 2 heterocycles. The van der Waals surface area contributed by atoms with Crippen LogP contribution in [-0.2, 0) is 0 Å². The Kier molecular flexibility index (Phi) is 2.91. The van der Waals surface area contributed by atoms with Crippen molar-refractivity contribution in [3.63, 3.8) is 0 Å². The maximum absolute atomic E-state index is 11.0. The number of benzene rings is 2. The topological polar surface area (TPSA) is 117 Å². The summed E-state index contributed by atoms with van der Waals surface area (Å²) < 4.78 is 0.973. The standard InChI is InChI=1S/C15H11N5O2S/c16-14-18-9-4-5-10-12(11(9)19-14)20-15(23-10)17-8-3-1-2-7(6-8)13(21)22/h1-6H,(H,17,20)(H,21,22)(H3,16,18,19). The van der Waals surface area contributed by atoms with Gasteiger partial charge < -0.3 is 21.1 Å². The number of H-pyrrole nitrogens is 1. The largest absolute Gasteiger partial charge is 0.478 e. The molecule has 5 N–H and O–H groups in total. The molecule has 0 atom stereocenters. The van der Waals surface area contributed by atoms with Crippen molar-refractivity contribution in [3.8, 4) is 0 Å². The summed E-state index contributed by atoms with van der Waals surface area (Å²) in [5, 5.41) is 12.8. The maximum atomic E-state index is 11.0. The molecule has 0 spiro atoms. The Morgan fingerprint density at radius 1 is 1.22 bits per heavy atom. The Morgan fingerprint density at radius 3 is 2.91 bits per heavy atom. The molecule has 8 heteroatoms. The summed E-state index contributed by atoms with van der Waals surface area (Å²) in [5.74, 6) is -0.615. The van der Waals surface area contributed by atoms with Crippen molar-refractivity contribution in [2.75, 3.05) is 11.1 Å². The molecule has 114 valence electrons. The molecule has 2 aromatic carbocycles. The second kappa shape index (κ2) is 4.96. The predicted octanol–water partition coefficient (Wildman–Crippen LogP) is 3.20. The first-order valence-electron chi connectivity index (χ1n) is 6.75. The minimum Gasteiger partial charge on any atom is -0.478 e. The van der Waals surface area contributed by atoms with Crippen LogP contribution >= 0.6 is 11.3 Å². The van der Waals surface area contributed by atoms with Gasteiger partial charge in [0.25, 0.3) is 0 Å². The monoisotopic (exact) mass is 325 g/mol. The molecule has 2 aromatic heterocycles. The van der Waals surface area contributed by atoms with Gasteiger partial charge in [0.05, 0.1) is 15.8 Å². The summed E-state index contributed by atoms with van der Waals surface area (Å²) in [6.07, 6.45) is 0. The highest BCUT2D eigenvalue weighted by Crippen LogP contribution is 2.32. The lowest BCUT2D eigenvalue weighted by molar-refractivity contribution is 0.0697. The van der Waals surface area contributed by atoms with Gasteiger partial charge in [-0.2, -0.15) is 0 Å². The highest BCUT2D eigenvalue weighted by atomic mass is 32.1. The fourth-order valence-corrected chi connectivity index (χ4v) is 3.28. The molecule has 0 aliphatic heterocycles. The fourth-order valence-electron chi connectivity index (χ4n) is 2.39. The molecule has 23 heavy (non-hydrogen) atoms. The number of hydrogen-bond acceptors (Lipinski definition) is 6. The molecule has 0 amide bonds. The predicted molar refractivity (Wildman–Crippen MR) is 90.4 cm³/mol. The van der Waals surface area contributed by atoms with Crippen LogP contribution in [0.25, 0.3) is 21.3 Å². The number of aromatic nitrogens is 3. The number of hydrogen-bond donors (Lipinski definition) is 4. The summed E-state index contributed by atoms with van der Waals surface area (Å²) >= 11 is 1.47. The van der Waals surface area contributed by atoms with E-state index in [0.29, 0.717) is 16.8 Å². The molecule has 4 aromatic rings. The third kappa shape index (κ3) is 2.34. The summed E-state index contributed by atoms with van der Waals surface area (Å²) in [6, 6.07) is 10.4. The highest BCUT2D eigenvalue weighted by molar-refractivity contribution is 7.22. The average molecular weight is 325 g/mol. The van der Waals surface area contributed by atoms with Crippen molar-refractivity contribution in [3.05, 3.63) is 42.0 Å². The molecular weight excluding hydrogens is 314 g/mol. The molecule has 0 radical (unpaired) electrons. The third-order valence-corrected chi connectivity index (χ3v) is 4.33. The molecule has 4 rings (SSSR count). The SMILES string of the molecule is Nc1nc2c(ccc3sc(Nc4cccc(C(=O)O)c4)nc32)[nH]1. The van der Waals surface area contributed by atoms with E-state index in [1.807, 2.05) is 12.1 Å². The van der Waals surface area contributed by atoms with E-state index in [1.165, 1.54) is 11.3 Å². The Bertz CT molecular complexity index is 1050. The summed E-state index contributed by atoms with van der Waals surface area (Å²) in [5.41, 5.74) is 8.90. The number of nitrogen functional groups attached to an aromatic ring is 1. The number of aromatic amines is 1. The van der Waals surface area contributed by atoms with Crippen LogP contribution in [0.1, 0.15) is 10.4 Å². The quantitative estimate of drug-likeness (QED) is 0.459. The minimum absolute atomic E-state index is 0.221. The smallest absolute Gasteiger partial charge is 0.335 e. The lowest BCUT2D eigenvalue weighted by Crippen LogP contribution is -1.97. The average Bonchev–Trinajstić information content (AvgIpc) is 3.09. The van der Waals surface area contributed by atoms with E-state index < -0.39 is 5.97 Å².